The second-order valence-electron chi connectivity index (χ2n) is 4.91. The highest BCUT2D eigenvalue weighted by Crippen LogP contribution is 2.34. The van der Waals surface area contributed by atoms with Gasteiger partial charge in [0.15, 0.2) is 0 Å². The Morgan fingerprint density at radius 1 is 1.14 bits per heavy atom. The number of amides is 2. The number of hydrogen-bond donors (Lipinski definition) is 1. The molecule has 0 fully saturated rings. The van der Waals surface area contributed by atoms with Crippen molar-refractivity contribution in [2.75, 3.05) is 18.4 Å². The van der Waals surface area contributed by atoms with Crippen molar-refractivity contribution >= 4 is 28.3 Å². The molecule has 2 amide bonds. The zero-order valence-electron chi connectivity index (χ0n) is 11.8. The Balaban J connectivity index is 2.28. The number of nitrogens with one attached hydrogen (secondary N) is 1. The van der Waals surface area contributed by atoms with E-state index < -0.39 is 0 Å². The largest absolute Gasteiger partial charge is 0.381 e. The summed E-state index contributed by atoms with van der Waals surface area (Å²) >= 11 is 0. The first-order valence-electron chi connectivity index (χ1n) is 6.95. The molecule has 2 aromatic carbocycles. The van der Waals surface area contributed by atoms with Gasteiger partial charge in [0.1, 0.15) is 0 Å². The fraction of sp³-hybridized carbons (Fsp3) is 0.176. The Morgan fingerprint density at radius 2 is 1.86 bits per heavy atom. The molecule has 0 saturated heterocycles. The molecule has 0 aliphatic carbocycles. The summed E-state index contributed by atoms with van der Waals surface area (Å²) in [6.45, 7) is 6.50. The molecule has 1 heterocycles. The van der Waals surface area contributed by atoms with Crippen molar-refractivity contribution in [3.63, 3.8) is 0 Å². The second kappa shape index (κ2) is 5.05. The first-order chi connectivity index (χ1) is 10.2. The van der Waals surface area contributed by atoms with E-state index >= 15 is 0 Å². The lowest BCUT2D eigenvalue weighted by Gasteiger charge is -2.26. The summed E-state index contributed by atoms with van der Waals surface area (Å²) < 4.78 is 0. The van der Waals surface area contributed by atoms with Crippen molar-refractivity contribution in [2.24, 2.45) is 0 Å². The van der Waals surface area contributed by atoms with Crippen LogP contribution in [0.5, 0.6) is 0 Å². The van der Waals surface area contributed by atoms with E-state index in [0.717, 1.165) is 16.5 Å². The molecule has 1 aliphatic heterocycles. The first kappa shape index (κ1) is 13.4. The number of benzene rings is 2. The Bertz CT molecular complexity index is 742. The van der Waals surface area contributed by atoms with Gasteiger partial charge in [0, 0.05) is 40.7 Å². The molecule has 21 heavy (non-hydrogen) atoms. The molecule has 1 aliphatic rings. The molecular weight excluding hydrogens is 264 g/mol. The van der Waals surface area contributed by atoms with Crippen LogP contribution in [-0.4, -0.2) is 29.8 Å². The van der Waals surface area contributed by atoms with Gasteiger partial charge in [0.2, 0.25) is 0 Å². The van der Waals surface area contributed by atoms with Crippen LogP contribution in [0.25, 0.3) is 10.8 Å². The molecule has 1 N–H and O–H groups in total. The van der Waals surface area contributed by atoms with Gasteiger partial charge in [-0.15, -0.1) is 6.58 Å². The number of hydrogen-bond acceptors (Lipinski definition) is 3. The zero-order valence-corrected chi connectivity index (χ0v) is 11.8. The molecule has 106 valence electrons. The molecule has 0 aromatic heterocycles. The molecule has 0 saturated carbocycles. The van der Waals surface area contributed by atoms with E-state index in [4.69, 9.17) is 0 Å². The number of carbonyl (C=O) groups excluding carboxylic acids is 2. The Hall–Kier alpha value is -2.62. The summed E-state index contributed by atoms with van der Waals surface area (Å²) in [6.07, 6.45) is 1.77. The third kappa shape index (κ3) is 1.91. The summed E-state index contributed by atoms with van der Waals surface area (Å²) in [4.78, 5) is 26.2. The first-order valence-corrected chi connectivity index (χ1v) is 6.95. The third-order valence-electron chi connectivity index (χ3n) is 3.74. The van der Waals surface area contributed by atoms with Crippen molar-refractivity contribution in [2.45, 2.75) is 6.92 Å². The van der Waals surface area contributed by atoms with Crippen molar-refractivity contribution in [1.82, 2.24) is 4.90 Å². The smallest absolute Gasteiger partial charge is 0.261 e. The van der Waals surface area contributed by atoms with E-state index in [1.54, 1.807) is 25.1 Å². The minimum absolute atomic E-state index is 0.221. The van der Waals surface area contributed by atoms with Gasteiger partial charge < -0.3 is 5.32 Å². The number of anilines is 1. The minimum Gasteiger partial charge on any atom is -0.381 e. The molecule has 0 unspecified atom stereocenters. The lowest BCUT2D eigenvalue weighted by Crippen LogP contribution is -2.40. The number of imide groups is 1. The predicted octanol–water partition coefficient (Wildman–Crippen LogP) is 3.05. The Kier molecular flexibility index (Phi) is 3.22. The normalized spacial score (nSPS) is 13.7. The molecule has 0 bridgehead atoms. The van der Waals surface area contributed by atoms with Gasteiger partial charge in [-0.05, 0) is 25.1 Å². The zero-order chi connectivity index (χ0) is 15.0. The molecule has 0 atom stereocenters. The summed E-state index contributed by atoms with van der Waals surface area (Å²) in [5, 5.41) is 4.88. The molecule has 0 radical (unpaired) electrons. The number of rotatable bonds is 4. The predicted molar refractivity (Wildman–Crippen MR) is 83.7 cm³/mol. The maximum absolute atomic E-state index is 12.4. The monoisotopic (exact) mass is 280 g/mol. The van der Waals surface area contributed by atoms with Crippen LogP contribution in [0, 0.1) is 0 Å². The summed E-state index contributed by atoms with van der Waals surface area (Å²) in [5.74, 6) is -0.442. The van der Waals surface area contributed by atoms with E-state index in [1.807, 2.05) is 18.2 Å². The van der Waals surface area contributed by atoms with Crippen molar-refractivity contribution in [3.05, 3.63) is 54.1 Å². The Morgan fingerprint density at radius 3 is 2.52 bits per heavy atom. The lowest BCUT2D eigenvalue weighted by molar-refractivity contribution is 0.0619. The van der Waals surface area contributed by atoms with Gasteiger partial charge in [-0.25, -0.2) is 0 Å². The highest BCUT2D eigenvalue weighted by molar-refractivity contribution is 6.26. The van der Waals surface area contributed by atoms with Crippen LogP contribution in [0.1, 0.15) is 27.6 Å². The van der Waals surface area contributed by atoms with Crippen LogP contribution < -0.4 is 5.32 Å². The summed E-state index contributed by atoms with van der Waals surface area (Å²) in [5.41, 5.74) is 2.08. The van der Waals surface area contributed by atoms with Gasteiger partial charge in [-0.1, -0.05) is 18.2 Å². The lowest BCUT2D eigenvalue weighted by atomic mass is 9.93. The summed E-state index contributed by atoms with van der Waals surface area (Å²) in [7, 11) is 0. The van der Waals surface area contributed by atoms with Gasteiger partial charge in [0.25, 0.3) is 11.8 Å². The van der Waals surface area contributed by atoms with Crippen LogP contribution in [0.4, 0.5) is 5.69 Å². The van der Waals surface area contributed by atoms with Gasteiger partial charge in [-0.2, -0.15) is 0 Å². The molecule has 0 spiro atoms. The molecule has 4 nitrogen and oxygen atoms in total. The maximum Gasteiger partial charge on any atom is 0.261 e. The maximum atomic E-state index is 12.4. The topological polar surface area (TPSA) is 49.4 Å². The van der Waals surface area contributed by atoms with Crippen LogP contribution in [0.3, 0.4) is 0 Å². The van der Waals surface area contributed by atoms with Gasteiger partial charge in [-0.3, -0.25) is 14.5 Å². The highest BCUT2D eigenvalue weighted by Gasteiger charge is 2.31. The quantitative estimate of drug-likeness (QED) is 0.691. The fourth-order valence-corrected chi connectivity index (χ4v) is 2.77. The third-order valence-corrected chi connectivity index (χ3v) is 3.74. The second-order valence-corrected chi connectivity index (χ2v) is 4.91. The fourth-order valence-electron chi connectivity index (χ4n) is 2.77. The van der Waals surface area contributed by atoms with Crippen LogP contribution in [-0.2, 0) is 0 Å². The van der Waals surface area contributed by atoms with Crippen molar-refractivity contribution < 1.29 is 9.59 Å². The SMILES string of the molecule is C=CCNc1ccc2c3c(cccc13)C(=O)N(CC)C2=O. The van der Waals surface area contributed by atoms with E-state index in [-0.39, 0.29) is 11.8 Å². The van der Waals surface area contributed by atoms with Crippen LogP contribution in [0.2, 0.25) is 0 Å². The van der Waals surface area contributed by atoms with Gasteiger partial charge >= 0.3 is 0 Å². The standard InChI is InChI=1S/C17H16N2O2/c1-3-10-18-14-9-8-13-15-11(14)6-5-7-12(15)16(20)19(4-2)17(13)21/h3,5-9,18H,1,4,10H2,2H3. The van der Waals surface area contributed by atoms with E-state index in [1.165, 1.54) is 4.90 Å². The Labute approximate surface area is 123 Å². The van der Waals surface area contributed by atoms with E-state index in [0.29, 0.717) is 24.2 Å². The average Bonchev–Trinajstić information content (AvgIpc) is 2.51. The average molecular weight is 280 g/mol. The number of nitrogens with zero attached hydrogens (tertiary/aromatic N) is 1. The highest BCUT2D eigenvalue weighted by atomic mass is 16.2. The van der Waals surface area contributed by atoms with Crippen molar-refractivity contribution in [3.8, 4) is 0 Å². The van der Waals surface area contributed by atoms with E-state index in [9.17, 15) is 9.59 Å². The van der Waals surface area contributed by atoms with E-state index in [2.05, 4.69) is 11.9 Å². The van der Waals surface area contributed by atoms with Crippen molar-refractivity contribution in [1.29, 1.82) is 0 Å². The molecular formula is C17H16N2O2. The van der Waals surface area contributed by atoms with Gasteiger partial charge in [0.05, 0.1) is 0 Å². The molecule has 4 heteroatoms. The minimum atomic E-state index is -0.221. The molecule has 2 aromatic rings. The van der Waals surface area contributed by atoms with Crippen LogP contribution >= 0.6 is 0 Å². The summed E-state index contributed by atoms with van der Waals surface area (Å²) in [6, 6.07) is 9.22. The van der Waals surface area contributed by atoms with Crippen LogP contribution in [0.15, 0.2) is 43.0 Å². The number of carbonyl (C=O) groups is 2. The molecule has 3 rings (SSSR count).